The molecule has 40 heavy (non-hydrogen) atoms. The predicted molar refractivity (Wildman–Crippen MR) is 154 cm³/mol. The SMILES string of the molecule is CCC1=C(C(=O)OC)[C@@H](c2ccccc2)n2c(s/c(=C/c3cn(Cc4ccccc4F)c4ccccc34)c2=O)=N1. The second-order valence-electron chi connectivity index (χ2n) is 9.52. The van der Waals surface area contributed by atoms with Crippen molar-refractivity contribution < 1.29 is 13.9 Å². The van der Waals surface area contributed by atoms with Gasteiger partial charge in [0.15, 0.2) is 4.80 Å². The average Bonchev–Trinajstić information content (AvgIpc) is 3.49. The summed E-state index contributed by atoms with van der Waals surface area (Å²) < 4.78 is 23.7. The van der Waals surface area contributed by atoms with Gasteiger partial charge in [0.25, 0.3) is 5.56 Å². The highest BCUT2D eigenvalue weighted by Gasteiger charge is 2.33. The monoisotopic (exact) mass is 551 g/mol. The Balaban J connectivity index is 1.54. The van der Waals surface area contributed by atoms with Crippen molar-refractivity contribution in [3.8, 4) is 0 Å². The van der Waals surface area contributed by atoms with Crippen LogP contribution in [0.15, 0.2) is 106 Å². The maximum atomic E-state index is 14.5. The Bertz CT molecular complexity index is 1970. The molecule has 0 bridgehead atoms. The van der Waals surface area contributed by atoms with Crippen molar-refractivity contribution in [2.75, 3.05) is 7.11 Å². The topological polar surface area (TPSA) is 65.6 Å². The van der Waals surface area contributed by atoms with E-state index in [9.17, 15) is 14.0 Å². The minimum Gasteiger partial charge on any atom is -0.466 e. The van der Waals surface area contributed by atoms with Crippen molar-refractivity contribution in [2.45, 2.75) is 25.9 Å². The van der Waals surface area contributed by atoms with Gasteiger partial charge in [-0.3, -0.25) is 9.36 Å². The van der Waals surface area contributed by atoms with Crippen LogP contribution in [0.5, 0.6) is 0 Å². The zero-order chi connectivity index (χ0) is 27.8. The summed E-state index contributed by atoms with van der Waals surface area (Å²) in [6, 6.07) is 23.4. The lowest BCUT2D eigenvalue weighted by atomic mass is 9.95. The quantitative estimate of drug-likeness (QED) is 0.281. The minimum atomic E-state index is -0.649. The maximum absolute atomic E-state index is 14.5. The molecule has 0 saturated carbocycles. The van der Waals surface area contributed by atoms with Crippen molar-refractivity contribution in [1.29, 1.82) is 0 Å². The van der Waals surface area contributed by atoms with Crippen molar-refractivity contribution in [3.05, 3.63) is 139 Å². The van der Waals surface area contributed by atoms with Crippen LogP contribution in [-0.2, 0) is 16.1 Å². The number of nitrogens with zero attached hydrogens (tertiary/aromatic N) is 3. The Labute approximate surface area is 233 Å². The van der Waals surface area contributed by atoms with Crippen molar-refractivity contribution in [2.24, 2.45) is 4.99 Å². The van der Waals surface area contributed by atoms with Gasteiger partial charge >= 0.3 is 5.97 Å². The number of aromatic nitrogens is 2. The van der Waals surface area contributed by atoms with E-state index in [-0.39, 0.29) is 11.4 Å². The summed E-state index contributed by atoms with van der Waals surface area (Å²) in [5.74, 6) is -0.760. The Morgan fingerprint density at radius 1 is 1.05 bits per heavy atom. The van der Waals surface area contributed by atoms with Gasteiger partial charge in [-0.1, -0.05) is 85.0 Å². The summed E-state index contributed by atoms with van der Waals surface area (Å²) in [4.78, 5) is 32.2. The Morgan fingerprint density at radius 3 is 2.52 bits per heavy atom. The first-order chi connectivity index (χ1) is 19.5. The normalized spacial score (nSPS) is 15.3. The molecule has 6 rings (SSSR count). The van der Waals surface area contributed by atoms with Gasteiger partial charge in [0.1, 0.15) is 5.82 Å². The zero-order valence-corrected chi connectivity index (χ0v) is 22.8. The molecule has 8 heteroatoms. The van der Waals surface area contributed by atoms with Crippen molar-refractivity contribution >= 4 is 34.3 Å². The second-order valence-corrected chi connectivity index (χ2v) is 10.5. The Kier molecular flexibility index (Phi) is 6.77. The number of methoxy groups -OCH3 is 1. The number of carbonyl (C=O) groups excluding carboxylic acids is 1. The van der Waals surface area contributed by atoms with Crippen LogP contribution in [0.1, 0.15) is 36.1 Å². The second kappa shape index (κ2) is 10.5. The van der Waals surface area contributed by atoms with E-state index in [1.807, 2.05) is 84.4 Å². The molecule has 5 aromatic rings. The van der Waals surface area contributed by atoms with Gasteiger partial charge in [-0.15, -0.1) is 0 Å². The molecule has 1 aliphatic rings. The fourth-order valence-electron chi connectivity index (χ4n) is 5.29. The summed E-state index contributed by atoms with van der Waals surface area (Å²) in [6.45, 7) is 2.29. The fourth-order valence-corrected chi connectivity index (χ4v) is 6.30. The third kappa shape index (κ3) is 4.40. The third-order valence-electron chi connectivity index (χ3n) is 7.17. The van der Waals surface area contributed by atoms with Crippen LogP contribution in [0.2, 0.25) is 0 Å². The number of ether oxygens (including phenoxy) is 1. The summed E-state index contributed by atoms with van der Waals surface area (Å²) in [5.41, 5.74) is 3.91. The van der Waals surface area contributed by atoms with Crippen LogP contribution in [-0.4, -0.2) is 22.2 Å². The molecule has 0 spiro atoms. The number of para-hydroxylation sites is 1. The van der Waals surface area contributed by atoms with E-state index >= 15 is 0 Å². The number of hydrogen-bond acceptors (Lipinski definition) is 5. The molecule has 2 aromatic heterocycles. The first kappa shape index (κ1) is 25.7. The minimum absolute atomic E-state index is 0.236. The van der Waals surface area contributed by atoms with E-state index in [0.717, 1.165) is 22.0 Å². The summed E-state index contributed by atoms with van der Waals surface area (Å²) >= 11 is 1.29. The Hall–Kier alpha value is -4.56. The first-order valence-electron chi connectivity index (χ1n) is 13.0. The van der Waals surface area contributed by atoms with E-state index < -0.39 is 12.0 Å². The standard InChI is InChI=1S/C32H26FN3O3S/c1-3-25-28(31(38)39-2)29(20-11-5-4-6-12-20)36-30(37)27(40-32(36)34-25)17-22-19-35(26-16-10-8-14-23(22)26)18-21-13-7-9-15-24(21)33/h4-17,19,29H,3,18H2,1-2H3/b27-17+/t29-/m1/s1. The number of hydrogen-bond donors (Lipinski definition) is 0. The number of allylic oxidation sites excluding steroid dienone is 1. The highest BCUT2D eigenvalue weighted by Crippen LogP contribution is 2.32. The van der Waals surface area contributed by atoms with Crippen LogP contribution >= 0.6 is 11.3 Å². The van der Waals surface area contributed by atoms with Gasteiger partial charge in [0, 0.05) is 28.2 Å². The largest absolute Gasteiger partial charge is 0.466 e. The fraction of sp³-hybridized carbons (Fsp3) is 0.156. The lowest BCUT2D eigenvalue weighted by Gasteiger charge is -2.25. The first-order valence-corrected chi connectivity index (χ1v) is 13.8. The van der Waals surface area contributed by atoms with Gasteiger partial charge in [0.2, 0.25) is 0 Å². The number of thiazole rings is 1. The molecular formula is C32H26FN3O3S. The number of esters is 1. The molecule has 0 aliphatic carbocycles. The van der Waals surface area contributed by atoms with Crippen molar-refractivity contribution in [1.82, 2.24) is 9.13 Å². The molecule has 0 saturated heterocycles. The molecule has 3 aromatic carbocycles. The molecule has 0 unspecified atom stereocenters. The van der Waals surface area contributed by atoms with Crippen LogP contribution in [0.3, 0.4) is 0 Å². The van der Waals surface area contributed by atoms with Gasteiger partial charge < -0.3 is 9.30 Å². The number of carbonyl (C=O) groups is 1. The number of benzene rings is 3. The molecule has 3 heterocycles. The van der Waals surface area contributed by atoms with Gasteiger partial charge in [-0.25, -0.2) is 14.2 Å². The van der Waals surface area contributed by atoms with Crippen LogP contribution in [0.4, 0.5) is 4.39 Å². The maximum Gasteiger partial charge on any atom is 0.338 e. The molecule has 0 fully saturated rings. The zero-order valence-electron chi connectivity index (χ0n) is 22.0. The van der Waals surface area contributed by atoms with Crippen molar-refractivity contribution in [3.63, 3.8) is 0 Å². The molecule has 0 N–H and O–H groups in total. The van der Waals surface area contributed by atoms with E-state index in [2.05, 4.69) is 0 Å². The number of rotatable bonds is 6. The lowest BCUT2D eigenvalue weighted by Crippen LogP contribution is -2.40. The van der Waals surface area contributed by atoms with E-state index in [1.165, 1.54) is 24.5 Å². The summed E-state index contributed by atoms with van der Waals surface area (Å²) in [7, 11) is 1.34. The summed E-state index contributed by atoms with van der Waals surface area (Å²) in [5, 5.41) is 0.953. The van der Waals surface area contributed by atoms with E-state index in [4.69, 9.17) is 9.73 Å². The predicted octanol–water partition coefficient (Wildman–Crippen LogP) is 4.94. The highest BCUT2D eigenvalue weighted by molar-refractivity contribution is 7.07. The molecule has 0 radical (unpaired) electrons. The van der Waals surface area contributed by atoms with Crippen LogP contribution in [0.25, 0.3) is 17.0 Å². The third-order valence-corrected chi connectivity index (χ3v) is 8.15. The van der Waals surface area contributed by atoms with E-state index in [1.54, 1.807) is 16.7 Å². The van der Waals surface area contributed by atoms with Gasteiger partial charge in [-0.2, -0.15) is 0 Å². The Morgan fingerprint density at radius 2 is 1.77 bits per heavy atom. The number of fused-ring (bicyclic) bond motifs is 2. The molecular weight excluding hydrogens is 525 g/mol. The molecule has 1 atom stereocenters. The molecule has 200 valence electrons. The molecule has 0 amide bonds. The van der Waals surface area contributed by atoms with Gasteiger partial charge in [-0.05, 0) is 30.2 Å². The molecule has 6 nitrogen and oxygen atoms in total. The van der Waals surface area contributed by atoms with E-state index in [0.29, 0.717) is 39.1 Å². The molecule has 1 aliphatic heterocycles. The van der Waals surface area contributed by atoms with Gasteiger partial charge in [0.05, 0.1) is 35.5 Å². The van der Waals surface area contributed by atoms with Crippen LogP contribution < -0.4 is 14.9 Å². The smallest absolute Gasteiger partial charge is 0.338 e. The summed E-state index contributed by atoms with van der Waals surface area (Å²) in [6.07, 6.45) is 4.32. The number of halogens is 1. The highest BCUT2D eigenvalue weighted by atomic mass is 32.1. The average molecular weight is 552 g/mol. The van der Waals surface area contributed by atoms with Crippen LogP contribution in [0, 0.1) is 5.82 Å². The lowest BCUT2D eigenvalue weighted by molar-refractivity contribution is -0.136.